The molecule has 0 aromatic rings. The maximum atomic E-state index is 10.4. The minimum absolute atomic E-state index is 0.204. The summed E-state index contributed by atoms with van der Waals surface area (Å²) in [5.41, 5.74) is 0.398. The molecule has 0 spiro atoms. The highest BCUT2D eigenvalue weighted by Gasteiger charge is 2.38. The minimum Gasteiger partial charge on any atom is -0.501 e. The van der Waals surface area contributed by atoms with E-state index in [1.807, 2.05) is 0 Å². The van der Waals surface area contributed by atoms with Crippen molar-refractivity contribution < 1.29 is 14.6 Å². The first kappa shape index (κ1) is 9.99. The minimum atomic E-state index is -0.657. The fourth-order valence-electron chi connectivity index (χ4n) is 2.43. The molecule has 0 aromatic carbocycles. The van der Waals surface area contributed by atoms with Crippen molar-refractivity contribution >= 4 is 0 Å². The molecular weight excluding hydrogens is 180 g/mol. The Hall–Kier alpha value is -0.540. The molecule has 2 unspecified atom stereocenters. The molecule has 0 radical (unpaired) electrons. The summed E-state index contributed by atoms with van der Waals surface area (Å²) >= 11 is 0. The van der Waals surface area contributed by atoms with Gasteiger partial charge in [-0.2, -0.15) is 0 Å². The molecule has 2 rings (SSSR count). The van der Waals surface area contributed by atoms with Crippen LogP contribution < -0.4 is 0 Å². The molecule has 0 aromatic heterocycles. The van der Waals surface area contributed by atoms with Gasteiger partial charge in [-0.1, -0.05) is 0 Å². The number of hydrogen-bond acceptors (Lipinski definition) is 3. The third-order valence-corrected chi connectivity index (χ3v) is 3.33. The molecule has 1 N–H and O–H groups in total. The first-order chi connectivity index (χ1) is 6.74. The van der Waals surface area contributed by atoms with Crippen LogP contribution in [0.2, 0.25) is 0 Å². The summed E-state index contributed by atoms with van der Waals surface area (Å²) in [7, 11) is 1.72. The topological polar surface area (TPSA) is 38.7 Å². The summed E-state index contributed by atoms with van der Waals surface area (Å²) in [6, 6.07) is 0. The van der Waals surface area contributed by atoms with Crippen LogP contribution in [0.4, 0.5) is 0 Å². The van der Waals surface area contributed by atoms with Gasteiger partial charge in [0.2, 0.25) is 0 Å². The average molecular weight is 198 g/mol. The van der Waals surface area contributed by atoms with Crippen LogP contribution >= 0.6 is 0 Å². The Labute approximate surface area is 84.7 Å². The molecule has 1 saturated carbocycles. The normalized spacial score (nSPS) is 37.9. The quantitative estimate of drug-likeness (QED) is 0.732. The Bertz CT molecular complexity index is 237. The SMILES string of the molecule is COC1CCCC(O)(C2=COCC2)C1. The molecule has 3 nitrogen and oxygen atoms in total. The van der Waals surface area contributed by atoms with Crippen molar-refractivity contribution in [1.29, 1.82) is 0 Å². The molecule has 1 fully saturated rings. The molecule has 1 aliphatic carbocycles. The van der Waals surface area contributed by atoms with Crippen LogP contribution in [0.1, 0.15) is 32.1 Å². The van der Waals surface area contributed by atoms with Gasteiger partial charge in [0.1, 0.15) is 0 Å². The molecule has 0 bridgehead atoms. The van der Waals surface area contributed by atoms with Gasteiger partial charge in [0.15, 0.2) is 0 Å². The van der Waals surface area contributed by atoms with E-state index in [9.17, 15) is 5.11 Å². The Balaban J connectivity index is 2.06. The summed E-state index contributed by atoms with van der Waals surface area (Å²) < 4.78 is 10.5. The first-order valence-corrected chi connectivity index (χ1v) is 5.31. The predicted octanol–water partition coefficient (Wildman–Crippen LogP) is 1.61. The van der Waals surface area contributed by atoms with Gasteiger partial charge in [-0.05, 0) is 24.8 Å². The Kier molecular flexibility index (Phi) is 2.79. The van der Waals surface area contributed by atoms with E-state index in [1.54, 1.807) is 13.4 Å². The molecule has 2 aliphatic rings. The third-order valence-electron chi connectivity index (χ3n) is 3.33. The Morgan fingerprint density at radius 2 is 2.50 bits per heavy atom. The lowest BCUT2D eigenvalue weighted by Gasteiger charge is -2.36. The van der Waals surface area contributed by atoms with Crippen LogP contribution in [0.5, 0.6) is 0 Å². The zero-order valence-corrected chi connectivity index (χ0v) is 8.66. The lowest BCUT2D eigenvalue weighted by molar-refractivity contribution is -0.0370. The van der Waals surface area contributed by atoms with Crippen molar-refractivity contribution in [1.82, 2.24) is 0 Å². The van der Waals surface area contributed by atoms with Crippen LogP contribution in [-0.2, 0) is 9.47 Å². The largest absolute Gasteiger partial charge is 0.501 e. The lowest BCUT2D eigenvalue weighted by atomic mass is 9.77. The highest BCUT2D eigenvalue weighted by Crippen LogP contribution is 2.38. The Morgan fingerprint density at radius 1 is 1.64 bits per heavy atom. The van der Waals surface area contributed by atoms with Gasteiger partial charge in [-0.3, -0.25) is 0 Å². The second kappa shape index (κ2) is 3.91. The van der Waals surface area contributed by atoms with Gasteiger partial charge in [0.05, 0.1) is 24.6 Å². The zero-order valence-electron chi connectivity index (χ0n) is 8.66. The van der Waals surface area contributed by atoms with Crippen molar-refractivity contribution in [3.63, 3.8) is 0 Å². The number of methoxy groups -OCH3 is 1. The fraction of sp³-hybridized carbons (Fsp3) is 0.818. The molecular formula is C11H18O3. The molecule has 1 heterocycles. The van der Waals surface area contributed by atoms with E-state index in [0.29, 0.717) is 0 Å². The van der Waals surface area contributed by atoms with Crippen LogP contribution in [0.15, 0.2) is 11.8 Å². The number of rotatable bonds is 2. The van der Waals surface area contributed by atoms with Gasteiger partial charge in [0.25, 0.3) is 0 Å². The standard InChI is InChI=1S/C11H18O3/c1-13-10-3-2-5-11(12,7-10)9-4-6-14-8-9/h8,10,12H,2-7H2,1H3. The predicted molar refractivity (Wildman–Crippen MR) is 52.9 cm³/mol. The number of ether oxygens (including phenoxy) is 2. The molecule has 80 valence electrons. The van der Waals surface area contributed by atoms with Crippen molar-refractivity contribution in [2.24, 2.45) is 0 Å². The van der Waals surface area contributed by atoms with Gasteiger partial charge >= 0.3 is 0 Å². The van der Waals surface area contributed by atoms with Gasteiger partial charge in [0, 0.05) is 20.0 Å². The number of hydrogen-bond donors (Lipinski definition) is 1. The van der Waals surface area contributed by atoms with Crippen LogP contribution in [0.25, 0.3) is 0 Å². The zero-order chi connectivity index (χ0) is 10.0. The second-order valence-corrected chi connectivity index (χ2v) is 4.25. The van der Waals surface area contributed by atoms with E-state index >= 15 is 0 Å². The van der Waals surface area contributed by atoms with E-state index in [0.717, 1.165) is 44.3 Å². The summed E-state index contributed by atoms with van der Waals surface area (Å²) in [4.78, 5) is 0. The van der Waals surface area contributed by atoms with Gasteiger partial charge in [-0.15, -0.1) is 0 Å². The highest BCUT2D eigenvalue weighted by molar-refractivity contribution is 5.18. The molecule has 3 heteroatoms. The summed E-state index contributed by atoms with van der Waals surface area (Å²) in [5.74, 6) is 0. The van der Waals surface area contributed by atoms with Crippen LogP contribution in [0, 0.1) is 0 Å². The maximum absolute atomic E-state index is 10.4. The molecule has 0 saturated heterocycles. The summed E-state index contributed by atoms with van der Waals surface area (Å²) in [5, 5.41) is 10.4. The van der Waals surface area contributed by atoms with E-state index in [2.05, 4.69) is 0 Å². The van der Waals surface area contributed by atoms with E-state index < -0.39 is 5.60 Å². The smallest absolute Gasteiger partial charge is 0.0915 e. The van der Waals surface area contributed by atoms with Crippen molar-refractivity contribution in [3.8, 4) is 0 Å². The van der Waals surface area contributed by atoms with E-state index in [-0.39, 0.29) is 6.10 Å². The molecule has 2 atom stereocenters. The summed E-state index contributed by atoms with van der Waals surface area (Å²) in [6.45, 7) is 0.718. The summed E-state index contributed by atoms with van der Waals surface area (Å²) in [6.07, 6.45) is 6.47. The molecule has 0 amide bonds. The average Bonchev–Trinajstić information content (AvgIpc) is 2.71. The second-order valence-electron chi connectivity index (χ2n) is 4.25. The third kappa shape index (κ3) is 1.79. The van der Waals surface area contributed by atoms with Crippen LogP contribution in [0.3, 0.4) is 0 Å². The van der Waals surface area contributed by atoms with E-state index in [1.165, 1.54) is 0 Å². The van der Waals surface area contributed by atoms with E-state index in [4.69, 9.17) is 9.47 Å². The van der Waals surface area contributed by atoms with Crippen molar-refractivity contribution in [3.05, 3.63) is 11.8 Å². The van der Waals surface area contributed by atoms with Gasteiger partial charge in [-0.25, -0.2) is 0 Å². The first-order valence-electron chi connectivity index (χ1n) is 5.31. The lowest BCUT2D eigenvalue weighted by Crippen LogP contribution is -2.39. The maximum Gasteiger partial charge on any atom is 0.0915 e. The van der Waals surface area contributed by atoms with Crippen molar-refractivity contribution in [2.45, 2.75) is 43.8 Å². The molecule has 14 heavy (non-hydrogen) atoms. The Morgan fingerprint density at radius 3 is 3.14 bits per heavy atom. The van der Waals surface area contributed by atoms with Gasteiger partial charge < -0.3 is 14.6 Å². The van der Waals surface area contributed by atoms with Crippen molar-refractivity contribution in [2.75, 3.05) is 13.7 Å². The highest BCUT2D eigenvalue weighted by atomic mass is 16.5. The number of aliphatic hydroxyl groups is 1. The fourth-order valence-corrected chi connectivity index (χ4v) is 2.43. The molecule has 1 aliphatic heterocycles. The monoisotopic (exact) mass is 198 g/mol. The van der Waals surface area contributed by atoms with Crippen LogP contribution in [-0.4, -0.2) is 30.5 Å².